The maximum Gasteiger partial charge on any atom is 0.0561 e. The molecule has 2 heterocycles. The Morgan fingerprint density at radius 2 is 0.964 bits per heavy atom. The number of nitrogens with zero attached hydrogens (tertiary/aromatic N) is 2. The van der Waals surface area contributed by atoms with Gasteiger partial charge < -0.3 is 9.47 Å². The molecule has 0 fully saturated rings. The first kappa shape index (κ1) is 31.6. The fourth-order valence-electron chi connectivity index (χ4n) is 8.31. The van der Waals surface area contributed by atoms with E-state index >= 15 is 0 Å². The summed E-state index contributed by atoms with van der Waals surface area (Å²) in [6, 6.07) is 75.2. The number of hydrogen-bond donors (Lipinski definition) is 0. The highest BCUT2D eigenvalue weighted by Crippen LogP contribution is 2.42. The Hall–Kier alpha value is -6.94. The van der Waals surface area contributed by atoms with Crippen LogP contribution in [-0.4, -0.2) is 4.57 Å². The van der Waals surface area contributed by atoms with Gasteiger partial charge in [-0.15, -0.1) is 11.3 Å². The molecule has 0 N–H and O–H groups in total. The zero-order valence-corrected chi connectivity index (χ0v) is 30.7. The molecule has 0 spiro atoms. The molecule has 0 aliphatic carbocycles. The van der Waals surface area contributed by atoms with E-state index in [1.807, 2.05) is 11.3 Å². The Morgan fingerprint density at radius 3 is 1.82 bits per heavy atom. The van der Waals surface area contributed by atoms with Crippen LogP contribution >= 0.6 is 11.3 Å². The van der Waals surface area contributed by atoms with Gasteiger partial charge in [-0.1, -0.05) is 127 Å². The zero-order chi connectivity index (χ0) is 36.3. The van der Waals surface area contributed by atoms with E-state index in [0.29, 0.717) is 0 Å². The number of thiophene rings is 1. The molecule has 0 aliphatic heterocycles. The summed E-state index contributed by atoms with van der Waals surface area (Å²) in [7, 11) is 0. The van der Waals surface area contributed by atoms with Crippen LogP contribution in [0.15, 0.2) is 206 Å². The minimum Gasteiger partial charge on any atom is -0.310 e. The van der Waals surface area contributed by atoms with Crippen LogP contribution < -0.4 is 4.90 Å². The number of hydrogen-bond acceptors (Lipinski definition) is 2. The summed E-state index contributed by atoms with van der Waals surface area (Å²) in [5.74, 6) is 0. The lowest BCUT2D eigenvalue weighted by Crippen LogP contribution is -2.10. The average Bonchev–Trinajstić information content (AvgIpc) is 3.78. The van der Waals surface area contributed by atoms with Crippen molar-refractivity contribution < 1.29 is 0 Å². The second-order valence-corrected chi connectivity index (χ2v) is 15.3. The summed E-state index contributed by atoms with van der Waals surface area (Å²) < 4.78 is 5.06. The molecular weight excluding hydrogens is 685 g/mol. The van der Waals surface area contributed by atoms with Crippen molar-refractivity contribution in [1.82, 2.24) is 4.57 Å². The van der Waals surface area contributed by atoms with Crippen molar-refractivity contribution >= 4 is 81.1 Å². The summed E-state index contributed by atoms with van der Waals surface area (Å²) in [6.45, 7) is 0. The van der Waals surface area contributed by atoms with Crippen LogP contribution in [0.4, 0.5) is 17.1 Å². The number of para-hydroxylation sites is 2. The van der Waals surface area contributed by atoms with E-state index in [1.165, 1.54) is 75.0 Å². The van der Waals surface area contributed by atoms with Gasteiger partial charge in [-0.3, -0.25) is 0 Å². The van der Waals surface area contributed by atoms with Crippen LogP contribution in [0.3, 0.4) is 0 Å². The van der Waals surface area contributed by atoms with E-state index in [4.69, 9.17) is 0 Å². The van der Waals surface area contributed by atoms with Crippen molar-refractivity contribution in [3.05, 3.63) is 206 Å². The highest BCUT2D eigenvalue weighted by atomic mass is 32.1. The molecule has 9 aromatic carbocycles. The molecule has 0 aliphatic rings. The van der Waals surface area contributed by atoms with Crippen LogP contribution in [-0.2, 0) is 0 Å². The molecule has 0 saturated carbocycles. The number of rotatable bonds is 6. The van der Waals surface area contributed by atoms with Gasteiger partial charge in [0.05, 0.1) is 11.0 Å². The van der Waals surface area contributed by atoms with Crippen molar-refractivity contribution in [2.75, 3.05) is 4.90 Å². The SMILES string of the molecule is c1ccc(-c2cccc(N(c3ccc(-c4ccc5cc6sc7ccccc7c6cc5c4)cc3)c3ccc4c5ccccc5n(-c5ccccc5)c4c3)c2)cc1. The van der Waals surface area contributed by atoms with E-state index in [1.54, 1.807) is 0 Å². The maximum atomic E-state index is 2.39. The molecule has 258 valence electrons. The number of benzene rings is 9. The second kappa shape index (κ2) is 12.9. The lowest BCUT2D eigenvalue weighted by Gasteiger charge is -2.26. The quantitative estimate of drug-likeness (QED) is 0.166. The summed E-state index contributed by atoms with van der Waals surface area (Å²) in [4.78, 5) is 2.39. The second-order valence-electron chi connectivity index (χ2n) is 14.2. The molecule has 11 aromatic rings. The summed E-state index contributed by atoms with van der Waals surface area (Å²) in [5, 5.41) is 7.68. The van der Waals surface area contributed by atoms with E-state index in [9.17, 15) is 0 Å². The molecule has 0 radical (unpaired) electrons. The smallest absolute Gasteiger partial charge is 0.0561 e. The molecule has 0 amide bonds. The van der Waals surface area contributed by atoms with Gasteiger partial charge in [0.25, 0.3) is 0 Å². The maximum absolute atomic E-state index is 2.39. The standard InChI is InChI=1S/C52H34N2S/c1-3-12-35(13-4-1)37-14-11-17-43(31-37)53(44-28-29-46-45-18-7-9-20-49(45)54(50(46)34-44)41-15-5-2-6-16-41)42-26-24-36(25-27-42)38-22-23-39-33-52-48(32-40(39)30-38)47-19-8-10-21-51(47)55-52/h1-34H. The van der Waals surface area contributed by atoms with Gasteiger partial charge in [0.2, 0.25) is 0 Å². The molecular formula is C52H34N2S. The van der Waals surface area contributed by atoms with Crippen molar-refractivity contribution in [2.24, 2.45) is 0 Å². The van der Waals surface area contributed by atoms with Gasteiger partial charge >= 0.3 is 0 Å². The van der Waals surface area contributed by atoms with Crippen LogP contribution in [0.25, 0.3) is 80.7 Å². The Labute approximate surface area is 323 Å². The third-order valence-corrected chi connectivity index (χ3v) is 12.1. The lowest BCUT2D eigenvalue weighted by atomic mass is 9.99. The van der Waals surface area contributed by atoms with Crippen molar-refractivity contribution in [3.8, 4) is 27.9 Å². The molecule has 0 unspecified atom stereocenters. The number of anilines is 3. The highest BCUT2D eigenvalue weighted by Gasteiger charge is 2.18. The monoisotopic (exact) mass is 718 g/mol. The minimum absolute atomic E-state index is 1.10. The Balaban J connectivity index is 1.05. The highest BCUT2D eigenvalue weighted by molar-refractivity contribution is 7.25. The fourth-order valence-corrected chi connectivity index (χ4v) is 9.44. The van der Waals surface area contributed by atoms with E-state index in [0.717, 1.165) is 22.7 Å². The largest absolute Gasteiger partial charge is 0.310 e. The first-order chi connectivity index (χ1) is 27.2. The summed E-state index contributed by atoms with van der Waals surface area (Å²) in [6.07, 6.45) is 0. The van der Waals surface area contributed by atoms with Gasteiger partial charge in [0.15, 0.2) is 0 Å². The first-order valence-corrected chi connectivity index (χ1v) is 19.6. The number of fused-ring (bicyclic) bond motifs is 7. The third-order valence-electron chi connectivity index (χ3n) is 10.9. The molecule has 2 aromatic heterocycles. The van der Waals surface area contributed by atoms with Crippen molar-refractivity contribution in [2.45, 2.75) is 0 Å². The van der Waals surface area contributed by atoms with Crippen molar-refractivity contribution in [3.63, 3.8) is 0 Å². The van der Waals surface area contributed by atoms with Gasteiger partial charge in [0, 0.05) is 53.7 Å². The third kappa shape index (κ3) is 5.40. The molecule has 2 nitrogen and oxygen atoms in total. The van der Waals surface area contributed by atoms with Crippen LogP contribution in [0.5, 0.6) is 0 Å². The Morgan fingerprint density at radius 1 is 0.327 bits per heavy atom. The number of aromatic nitrogens is 1. The minimum atomic E-state index is 1.10. The molecule has 0 saturated heterocycles. The summed E-state index contributed by atoms with van der Waals surface area (Å²) >= 11 is 1.87. The predicted octanol–water partition coefficient (Wildman–Crippen LogP) is 15.1. The van der Waals surface area contributed by atoms with Crippen molar-refractivity contribution in [1.29, 1.82) is 0 Å². The normalized spacial score (nSPS) is 11.6. The van der Waals surface area contributed by atoms with E-state index < -0.39 is 0 Å². The summed E-state index contributed by atoms with van der Waals surface area (Å²) in [5.41, 5.74) is 11.6. The predicted molar refractivity (Wildman–Crippen MR) is 237 cm³/mol. The van der Waals surface area contributed by atoms with Gasteiger partial charge in [0.1, 0.15) is 0 Å². The first-order valence-electron chi connectivity index (χ1n) is 18.7. The zero-order valence-electron chi connectivity index (χ0n) is 29.9. The van der Waals surface area contributed by atoms with Gasteiger partial charge in [-0.2, -0.15) is 0 Å². The molecule has 0 bridgehead atoms. The van der Waals surface area contributed by atoms with Gasteiger partial charge in [-0.25, -0.2) is 0 Å². The topological polar surface area (TPSA) is 8.17 Å². The van der Waals surface area contributed by atoms with E-state index in [2.05, 4.69) is 216 Å². The molecule has 3 heteroatoms. The van der Waals surface area contributed by atoms with Crippen LogP contribution in [0.2, 0.25) is 0 Å². The molecule has 55 heavy (non-hydrogen) atoms. The molecule has 0 atom stereocenters. The van der Waals surface area contributed by atoms with Gasteiger partial charge in [-0.05, 0) is 112 Å². The Bertz CT molecular complexity index is 3190. The lowest BCUT2D eigenvalue weighted by molar-refractivity contribution is 1.18. The molecule has 11 rings (SSSR count). The van der Waals surface area contributed by atoms with Crippen LogP contribution in [0, 0.1) is 0 Å². The van der Waals surface area contributed by atoms with E-state index in [-0.39, 0.29) is 0 Å². The average molecular weight is 719 g/mol. The fraction of sp³-hybridized carbons (Fsp3) is 0. The van der Waals surface area contributed by atoms with Crippen LogP contribution in [0.1, 0.15) is 0 Å². The Kier molecular flexibility index (Phi) is 7.39.